The van der Waals surface area contributed by atoms with E-state index in [2.05, 4.69) is 20.3 Å². The van der Waals surface area contributed by atoms with Crippen molar-refractivity contribution in [3.05, 3.63) is 113 Å². The molecule has 2 aromatic carbocycles. The molecule has 44 heavy (non-hydrogen) atoms. The molecule has 0 aliphatic carbocycles. The van der Waals surface area contributed by atoms with Crippen LogP contribution in [0.5, 0.6) is 0 Å². The average molecular weight is 617 g/mol. The van der Waals surface area contributed by atoms with Gasteiger partial charge in [-0.05, 0) is 66.6 Å². The van der Waals surface area contributed by atoms with Crippen LogP contribution in [0.2, 0.25) is 0 Å². The van der Waals surface area contributed by atoms with Crippen molar-refractivity contribution in [2.24, 2.45) is 0 Å². The molecule has 4 heterocycles. The van der Waals surface area contributed by atoms with Gasteiger partial charge >= 0.3 is 6.18 Å². The second kappa shape index (κ2) is 11.8. The van der Waals surface area contributed by atoms with Gasteiger partial charge in [-0.15, -0.1) is 11.3 Å². The molecular weight excluding hydrogens is 593 g/mol. The maximum absolute atomic E-state index is 13.3. The Morgan fingerprint density at radius 2 is 1.89 bits per heavy atom. The molecule has 0 saturated carbocycles. The smallest absolute Gasteiger partial charge is 0.416 e. The fourth-order valence-electron chi connectivity index (χ4n) is 4.67. The first kappa shape index (κ1) is 28.8. The summed E-state index contributed by atoms with van der Waals surface area (Å²) in [6.45, 7) is 0.462. The third-order valence-corrected chi connectivity index (χ3v) is 8.04. The minimum absolute atomic E-state index is 0.0991. The van der Waals surface area contributed by atoms with Crippen molar-refractivity contribution in [2.75, 3.05) is 17.3 Å². The van der Waals surface area contributed by atoms with Gasteiger partial charge in [0.05, 0.1) is 32.5 Å². The first-order valence-corrected chi connectivity index (χ1v) is 14.1. The summed E-state index contributed by atoms with van der Waals surface area (Å²) in [5.41, 5.74) is 1.59. The van der Waals surface area contributed by atoms with Gasteiger partial charge in [-0.2, -0.15) is 13.2 Å². The zero-order valence-corrected chi connectivity index (χ0v) is 23.9. The fourth-order valence-corrected chi connectivity index (χ4v) is 5.52. The number of thiophene rings is 1. The zero-order chi connectivity index (χ0) is 30.8. The SMILES string of the molecule is CN(C(=O)c1cccc(C(F)(F)F)c1)c1ccc2c(c1)nc(NC(=O)c1ccc(-c3cnco3)s1)n2CCc1cccnc1. The first-order valence-electron chi connectivity index (χ1n) is 13.3. The van der Waals surface area contributed by atoms with E-state index < -0.39 is 17.6 Å². The number of oxazole rings is 1. The Kier molecular flexibility index (Phi) is 7.70. The molecule has 2 amide bonds. The molecule has 9 nitrogen and oxygen atoms in total. The van der Waals surface area contributed by atoms with Crippen molar-refractivity contribution >= 4 is 45.8 Å². The Balaban J connectivity index is 1.30. The molecule has 0 bridgehead atoms. The summed E-state index contributed by atoms with van der Waals surface area (Å²) in [5.74, 6) is -0.127. The third kappa shape index (κ3) is 5.95. The number of halogens is 3. The lowest BCUT2D eigenvalue weighted by molar-refractivity contribution is -0.137. The first-order chi connectivity index (χ1) is 21.2. The number of hydrogen-bond donors (Lipinski definition) is 1. The lowest BCUT2D eigenvalue weighted by Gasteiger charge is -2.18. The van der Waals surface area contributed by atoms with Crippen LogP contribution < -0.4 is 10.2 Å². The van der Waals surface area contributed by atoms with E-state index >= 15 is 0 Å². The molecule has 0 aliphatic heterocycles. The maximum Gasteiger partial charge on any atom is 0.416 e. The van der Waals surface area contributed by atoms with Crippen LogP contribution in [0.3, 0.4) is 0 Å². The molecule has 0 spiro atoms. The summed E-state index contributed by atoms with van der Waals surface area (Å²) in [6, 6.07) is 16.7. The molecule has 222 valence electrons. The normalized spacial score (nSPS) is 11.5. The highest BCUT2D eigenvalue weighted by Crippen LogP contribution is 2.32. The van der Waals surface area contributed by atoms with Crippen LogP contribution in [0.1, 0.15) is 31.2 Å². The number of rotatable bonds is 8. The van der Waals surface area contributed by atoms with Gasteiger partial charge in [0, 0.05) is 37.2 Å². The van der Waals surface area contributed by atoms with Gasteiger partial charge in [0.2, 0.25) is 5.95 Å². The highest BCUT2D eigenvalue weighted by molar-refractivity contribution is 7.17. The number of benzene rings is 2. The van der Waals surface area contributed by atoms with E-state index in [1.165, 1.54) is 41.8 Å². The van der Waals surface area contributed by atoms with E-state index in [0.717, 1.165) is 22.6 Å². The number of nitrogens with zero attached hydrogens (tertiary/aromatic N) is 5. The van der Waals surface area contributed by atoms with Gasteiger partial charge in [0.1, 0.15) is 0 Å². The van der Waals surface area contributed by atoms with Gasteiger partial charge in [-0.1, -0.05) is 12.1 Å². The summed E-state index contributed by atoms with van der Waals surface area (Å²) in [4.78, 5) is 41.6. The van der Waals surface area contributed by atoms with Crippen LogP contribution in [0.25, 0.3) is 21.7 Å². The molecule has 6 aromatic rings. The Labute approximate surface area is 252 Å². The highest BCUT2D eigenvalue weighted by Gasteiger charge is 2.31. The monoisotopic (exact) mass is 616 g/mol. The van der Waals surface area contributed by atoms with E-state index in [4.69, 9.17) is 4.42 Å². The zero-order valence-electron chi connectivity index (χ0n) is 23.1. The number of aryl methyl sites for hydroxylation is 2. The van der Waals surface area contributed by atoms with E-state index in [1.54, 1.807) is 48.9 Å². The highest BCUT2D eigenvalue weighted by atomic mass is 32.1. The molecule has 0 unspecified atom stereocenters. The summed E-state index contributed by atoms with van der Waals surface area (Å²) in [7, 11) is 1.48. The summed E-state index contributed by atoms with van der Waals surface area (Å²) in [6.07, 6.45) is 2.37. The molecule has 0 aliphatic rings. The van der Waals surface area contributed by atoms with E-state index in [0.29, 0.717) is 46.3 Å². The van der Waals surface area contributed by atoms with Gasteiger partial charge < -0.3 is 13.9 Å². The predicted octanol–water partition coefficient (Wildman–Crippen LogP) is 6.94. The molecule has 0 saturated heterocycles. The number of fused-ring (bicyclic) bond motifs is 1. The van der Waals surface area contributed by atoms with Crippen LogP contribution in [-0.2, 0) is 19.1 Å². The van der Waals surface area contributed by atoms with Gasteiger partial charge in [-0.3, -0.25) is 19.9 Å². The fraction of sp³-hybridized carbons (Fsp3) is 0.129. The number of nitrogens with one attached hydrogen (secondary N) is 1. The predicted molar refractivity (Wildman–Crippen MR) is 160 cm³/mol. The van der Waals surface area contributed by atoms with Crippen molar-refractivity contribution in [1.29, 1.82) is 0 Å². The molecule has 6 rings (SSSR count). The number of imidazole rings is 1. The maximum atomic E-state index is 13.3. The average Bonchev–Trinajstić information content (AvgIpc) is 3.79. The van der Waals surface area contributed by atoms with Crippen molar-refractivity contribution in [1.82, 2.24) is 19.5 Å². The van der Waals surface area contributed by atoms with Gasteiger partial charge in [0.25, 0.3) is 11.8 Å². The number of hydrogen-bond acceptors (Lipinski definition) is 7. The molecule has 4 aromatic heterocycles. The Morgan fingerprint density at radius 3 is 2.64 bits per heavy atom. The van der Waals surface area contributed by atoms with E-state index in [9.17, 15) is 22.8 Å². The number of carbonyl (C=O) groups is 2. The largest absolute Gasteiger partial charge is 0.443 e. The second-order valence-electron chi connectivity index (χ2n) is 9.80. The summed E-state index contributed by atoms with van der Waals surface area (Å²) >= 11 is 1.25. The number of amides is 2. The van der Waals surface area contributed by atoms with Gasteiger partial charge in [-0.25, -0.2) is 9.97 Å². The Hall–Kier alpha value is -5.30. The van der Waals surface area contributed by atoms with E-state index in [1.807, 2.05) is 16.7 Å². The standard InChI is InChI=1S/C31H23F3N6O3S/c1-39(29(42)20-5-2-6-21(14-20)31(32,33)34)22-7-8-24-23(15-22)37-30(40(24)13-11-19-4-3-12-35-16-19)38-28(41)27-10-9-26(44-27)25-17-36-18-43-25/h2-10,12,14-18H,11,13H2,1H3,(H,37,38,41). The van der Waals surface area contributed by atoms with Crippen LogP contribution in [-0.4, -0.2) is 38.4 Å². The van der Waals surface area contributed by atoms with Crippen molar-refractivity contribution < 1.29 is 27.2 Å². The van der Waals surface area contributed by atoms with Crippen LogP contribution >= 0.6 is 11.3 Å². The van der Waals surface area contributed by atoms with Crippen molar-refractivity contribution in [2.45, 2.75) is 19.1 Å². The van der Waals surface area contributed by atoms with Crippen molar-refractivity contribution in [3.8, 4) is 10.6 Å². The van der Waals surface area contributed by atoms with Crippen LogP contribution in [0, 0.1) is 0 Å². The van der Waals surface area contributed by atoms with E-state index in [-0.39, 0.29) is 11.5 Å². The number of pyridine rings is 1. The quantitative estimate of drug-likeness (QED) is 0.199. The Morgan fingerprint density at radius 1 is 1.02 bits per heavy atom. The minimum Gasteiger partial charge on any atom is -0.443 e. The van der Waals surface area contributed by atoms with Gasteiger partial charge in [0.15, 0.2) is 12.2 Å². The lowest BCUT2D eigenvalue weighted by Crippen LogP contribution is -2.26. The summed E-state index contributed by atoms with van der Waals surface area (Å²) in [5, 5.41) is 2.90. The summed E-state index contributed by atoms with van der Waals surface area (Å²) < 4.78 is 46.9. The minimum atomic E-state index is -4.57. The molecule has 13 heteroatoms. The number of carbonyl (C=O) groups excluding carboxylic acids is 2. The second-order valence-corrected chi connectivity index (χ2v) is 10.9. The molecular formula is C31H23F3N6O3S. The number of alkyl halides is 3. The van der Waals surface area contributed by atoms with Crippen molar-refractivity contribution in [3.63, 3.8) is 0 Å². The number of anilines is 2. The molecule has 1 N–H and O–H groups in total. The Bertz CT molecular complexity index is 1950. The third-order valence-electron chi connectivity index (χ3n) is 6.94. The topological polar surface area (TPSA) is 106 Å². The van der Waals surface area contributed by atoms with Crippen LogP contribution in [0.15, 0.2) is 96.1 Å². The molecule has 0 fully saturated rings. The molecule has 0 radical (unpaired) electrons. The van der Waals surface area contributed by atoms with Crippen LogP contribution in [0.4, 0.5) is 24.8 Å². The number of aromatic nitrogens is 4. The lowest BCUT2D eigenvalue weighted by atomic mass is 10.1. The molecule has 0 atom stereocenters.